The average molecular weight is 292 g/mol. The van der Waals surface area contributed by atoms with Crippen molar-refractivity contribution >= 4 is 11.9 Å². The molecule has 4 nitrogen and oxygen atoms in total. The predicted octanol–water partition coefficient (Wildman–Crippen LogP) is 3.99. The fourth-order valence-electron chi connectivity index (χ4n) is 1.94. The Morgan fingerprint density at radius 1 is 1.05 bits per heavy atom. The van der Waals surface area contributed by atoms with E-state index < -0.39 is 11.9 Å². The summed E-state index contributed by atoms with van der Waals surface area (Å²) in [6.45, 7) is 6.27. The summed E-state index contributed by atoms with van der Waals surface area (Å²) >= 11 is 0. The highest BCUT2D eigenvalue weighted by atomic mass is 16.5. The van der Waals surface area contributed by atoms with E-state index in [1.165, 1.54) is 0 Å². The van der Waals surface area contributed by atoms with Gasteiger partial charge in [0.1, 0.15) is 0 Å². The third-order valence-corrected chi connectivity index (χ3v) is 3.10. The average Bonchev–Trinajstić information content (AvgIpc) is 2.47. The molecule has 1 aromatic rings. The molecule has 0 radical (unpaired) electrons. The van der Waals surface area contributed by atoms with Gasteiger partial charge in [-0.1, -0.05) is 38.8 Å². The van der Waals surface area contributed by atoms with Gasteiger partial charge in [0.05, 0.1) is 23.8 Å². The first kappa shape index (κ1) is 17.2. The molecular formula is C17H24O4. The lowest BCUT2D eigenvalue weighted by molar-refractivity contribution is 0.0311. The molecular weight excluding hydrogens is 268 g/mol. The van der Waals surface area contributed by atoms with Crippen LogP contribution in [0.2, 0.25) is 0 Å². The van der Waals surface area contributed by atoms with E-state index in [4.69, 9.17) is 9.47 Å². The maximum Gasteiger partial charge on any atom is 0.339 e. The van der Waals surface area contributed by atoms with Crippen molar-refractivity contribution in [2.24, 2.45) is 0 Å². The molecule has 1 unspecified atom stereocenters. The fraction of sp³-hybridized carbons (Fsp3) is 0.529. The minimum atomic E-state index is -0.473. The van der Waals surface area contributed by atoms with Gasteiger partial charge in [0.15, 0.2) is 0 Å². The second-order valence-electron chi connectivity index (χ2n) is 5.04. The van der Waals surface area contributed by atoms with E-state index in [0.29, 0.717) is 6.61 Å². The van der Waals surface area contributed by atoms with Crippen LogP contribution in [0.25, 0.3) is 0 Å². The van der Waals surface area contributed by atoms with Crippen molar-refractivity contribution in [1.82, 2.24) is 0 Å². The highest BCUT2D eigenvalue weighted by Crippen LogP contribution is 2.14. The molecule has 0 saturated heterocycles. The number of unbranched alkanes of at least 4 members (excludes halogenated alkanes) is 1. The zero-order valence-corrected chi connectivity index (χ0v) is 13.1. The normalized spacial score (nSPS) is 11.8. The molecule has 0 bridgehead atoms. The SMILES string of the molecule is CCCCOC(=O)c1ccccc1C(=O)OC(C)CCC. The van der Waals surface area contributed by atoms with E-state index in [9.17, 15) is 9.59 Å². The number of carbonyl (C=O) groups is 2. The Morgan fingerprint density at radius 2 is 1.67 bits per heavy atom. The molecule has 1 aromatic carbocycles. The molecule has 4 heteroatoms. The van der Waals surface area contributed by atoms with Gasteiger partial charge in [-0.25, -0.2) is 9.59 Å². The van der Waals surface area contributed by atoms with E-state index in [2.05, 4.69) is 0 Å². The van der Waals surface area contributed by atoms with Crippen LogP contribution in [0.15, 0.2) is 24.3 Å². The van der Waals surface area contributed by atoms with E-state index >= 15 is 0 Å². The minimum absolute atomic E-state index is 0.160. The van der Waals surface area contributed by atoms with Gasteiger partial charge >= 0.3 is 11.9 Å². The summed E-state index contributed by atoms with van der Waals surface area (Å²) in [4.78, 5) is 24.2. The van der Waals surface area contributed by atoms with Crippen molar-refractivity contribution in [2.75, 3.05) is 6.61 Å². The standard InChI is InChI=1S/C17H24O4/c1-4-6-12-20-16(18)14-10-7-8-11-15(14)17(19)21-13(3)9-5-2/h7-8,10-11,13H,4-6,9,12H2,1-3H3. The number of carbonyl (C=O) groups excluding carboxylic acids is 2. The quantitative estimate of drug-likeness (QED) is 0.537. The van der Waals surface area contributed by atoms with Gasteiger partial charge in [-0.3, -0.25) is 0 Å². The van der Waals surface area contributed by atoms with Crippen molar-refractivity contribution in [3.63, 3.8) is 0 Å². The van der Waals surface area contributed by atoms with Crippen LogP contribution >= 0.6 is 0 Å². The Kier molecular flexibility index (Phi) is 7.51. The Balaban J connectivity index is 2.78. The fourth-order valence-corrected chi connectivity index (χ4v) is 1.94. The maximum atomic E-state index is 12.2. The van der Waals surface area contributed by atoms with Crippen LogP contribution in [0.5, 0.6) is 0 Å². The second-order valence-corrected chi connectivity index (χ2v) is 5.04. The van der Waals surface area contributed by atoms with Crippen molar-refractivity contribution in [3.8, 4) is 0 Å². The molecule has 0 aliphatic heterocycles. The number of esters is 2. The molecule has 0 aliphatic carbocycles. The number of ether oxygens (including phenoxy) is 2. The molecule has 0 saturated carbocycles. The summed E-state index contributed by atoms with van der Waals surface area (Å²) in [5.74, 6) is -0.946. The van der Waals surface area contributed by atoms with Crippen molar-refractivity contribution in [1.29, 1.82) is 0 Å². The number of hydrogen-bond acceptors (Lipinski definition) is 4. The van der Waals surface area contributed by atoms with Crippen LogP contribution in [0.3, 0.4) is 0 Å². The smallest absolute Gasteiger partial charge is 0.339 e. The van der Waals surface area contributed by atoms with Gasteiger partial charge in [-0.05, 0) is 31.9 Å². The van der Waals surface area contributed by atoms with Gasteiger partial charge in [-0.2, -0.15) is 0 Å². The molecule has 0 aliphatic rings. The summed E-state index contributed by atoms with van der Waals surface area (Å²) in [6.07, 6.45) is 3.34. The van der Waals surface area contributed by atoms with Crippen LogP contribution in [0.1, 0.15) is 67.2 Å². The van der Waals surface area contributed by atoms with Gasteiger partial charge < -0.3 is 9.47 Å². The van der Waals surface area contributed by atoms with E-state index in [1.54, 1.807) is 24.3 Å². The molecule has 0 aromatic heterocycles. The molecule has 0 N–H and O–H groups in total. The van der Waals surface area contributed by atoms with Crippen LogP contribution < -0.4 is 0 Å². The molecule has 1 rings (SSSR count). The zero-order valence-electron chi connectivity index (χ0n) is 13.1. The van der Waals surface area contributed by atoms with Crippen molar-refractivity contribution < 1.29 is 19.1 Å². The first-order chi connectivity index (χ1) is 10.1. The molecule has 1 atom stereocenters. The molecule has 0 heterocycles. The van der Waals surface area contributed by atoms with Gasteiger partial charge in [0, 0.05) is 0 Å². The van der Waals surface area contributed by atoms with Crippen LogP contribution in [0, 0.1) is 0 Å². The Morgan fingerprint density at radius 3 is 2.24 bits per heavy atom. The highest BCUT2D eigenvalue weighted by molar-refractivity contribution is 6.03. The van der Waals surface area contributed by atoms with Gasteiger partial charge in [0.2, 0.25) is 0 Å². The Hall–Kier alpha value is -1.84. The molecule has 0 spiro atoms. The lowest BCUT2D eigenvalue weighted by Gasteiger charge is -2.14. The van der Waals surface area contributed by atoms with Crippen LogP contribution in [-0.4, -0.2) is 24.6 Å². The van der Waals surface area contributed by atoms with Gasteiger partial charge in [-0.15, -0.1) is 0 Å². The predicted molar refractivity (Wildman–Crippen MR) is 81.4 cm³/mol. The van der Waals surface area contributed by atoms with E-state index in [0.717, 1.165) is 25.7 Å². The van der Waals surface area contributed by atoms with Crippen molar-refractivity contribution in [2.45, 2.75) is 52.6 Å². The summed E-state index contributed by atoms with van der Waals surface area (Å²) in [5.41, 5.74) is 0.532. The largest absolute Gasteiger partial charge is 0.462 e. The van der Waals surface area contributed by atoms with Crippen LogP contribution in [-0.2, 0) is 9.47 Å². The molecule has 0 fully saturated rings. The second kappa shape index (κ2) is 9.16. The first-order valence-corrected chi connectivity index (χ1v) is 7.57. The lowest BCUT2D eigenvalue weighted by atomic mass is 10.1. The Bertz CT molecular complexity index is 468. The summed E-state index contributed by atoms with van der Waals surface area (Å²) in [7, 11) is 0. The number of benzene rings is 1. The van der Waals surface area contributed by atoms with Crippen LogP contribution in [0.4, 0.5) is 0 Å². The maximum absolute atomic E-state index is 12.2. The molecule has 116 valence electrons. The topological polar surface area (TPSA) is 52.6 Å². The van der Waals surface area contributed by atoms with E-state index in [1.807, 2.05) is 20.8 Å². The monoisotopic (exact) mass is 292 g/mol. The number of rotatable bonds is 8. The summed E-state index contributed by atoms with van der Waals surface area (Å²) in [6, 6.07) is 6.61. The Labute approximate surface area is 126 Å². The summed E-state index contributed by atoms with van der Waals surface area (Å²) < 4.78 is 10.5. The lowest BCUT2D eigenvalue weighted by Crippen LogP contribution is -2.18. The third kappa shape index (κ3) is 5.58. The third-order valence-electron chi connectivity index (χ3n) is 3.10. The van der Waals surface area contributed by atoms with Gasteiger partial charge in [0.25, 0.3) is 0 Å². The van der Waals surface area contributed by atoms with Crippen molar-refractivity contribution in [3.05, 3.63) is 35.4 Å². The molecule has 0 amide bonds. The summed E-state index contributed by atoms with van der Waals surface area (Å²) in [5, 5.41) is 0. The van der Waals surface area contributed by atoms with E-state index in [-0.39, 0.29) is 17.2 Å². The number of hydrogen-bond donors (Lipinski definition) is 0. The zero-order chi connectivity index (χ0) is 15.7. The highest BCUT2D eigenvalue weighted by Gasteiger charge is 2.20. The minimum Gasteiger partial charge on any atom is -0.462 e. The molecule has 21 heavy (non-hydrogen) atoms. The first-order valence-electron chi connectivity index (χ1n) is 7.57.